The summed E-state index contributed by atoms with van der Waals surface area (Å²) in [7, 11) is 0. The zero-order valence-corrected chi connectivity index (χ0v) is 14.5. The number of amides is 2. The van der Waals surface area contributed by atoms with E-state index in [0.717, 1.165) is 11.1 Å². The van der Waals surface area contributed by atoms with E-state index in [0.29, 0.717) is 11.5 Å². The lowest BCUT2D eigenvalue weighted by molar-refractivity contribution is -0.133. The highest BCUT2D eigenvalue weighted by molar-refractivity contribution is 5.85. The average molecular weight is 342 g/mol. The Balaban J connectivity index is 1.75. The predicted octanol–water partition coefficient (Wildman–Crippen LogP) is 2.30. The Morgan fingerprint density at radius 1 is 1.04 bits per heavy atom. The number of carbonyl (C=O) groups is 2. The lowest BCUT2D eigenvalue weighted by Crippen LogP contribution is -2.48. The van der Waals surface area contributed by atoms with Crippen molar-refractivity contribution in [1.82, 2.24) is 10.9 Å². The maximum Gasteiger partial charge on any atom is 0.279 e. The van der Waals surface area contributed by atoms with Gasteiger partial charge in [0.25, 0.3) is 11.8 Å². The maximum atomic E-state index is 12.0. The maximum absolute atomic E-state index is 12.0. The first-order valence-electron chi connectivity index (χ1n) is 7.96. The number of para-hydroxylation sites is 1. The van der Waals surface area contributed by atoms with Crippen molar-refractivity contribution < 1.29 is 19.1 Å². The molecular formula is C19H22N2O4. The van der Waals surface area contributed by atoms with Crippen molar-refractivity contribution in [3.63, 3.8) is 0 Å². The van der Waals surface area contributed by atoms with Gasteiger partial charge < -0.3 is 9.47 Å². The largest absolute Gasteiger partial charge is 0.483 e. The summed E-state index contributed by atoms with van der Waals surface area (Å²) in [5.41, 5.74) is 6.60. The molecule has 0 heterocycles. The number of benzene rings is 2. The van der Waals surface area contributed by atoms with Crippen molar-refractivity contribution in [2.24, 2.45) is 0 Å². The fraction of sp³-hybridized carbons (Fsp3) is 0.263. The second kappa shape index (κ2) is 8.73. The lowest BCUT2D eigenvalue weighted by Gasteiger charge is -2.15. The third kappa shape index (κ3) is 5.84. The summed E-state index contributed by atoms with van der Waals surface area (Å²) in [5.74, 6) is 0.307. The molecule has 0 aromatic heterocycles. The summed E-state index contributed by atoms with van der Waals surface area (Å²) in [6, 6.07) is 14.8. The third-order valence-electron chi connectivity index (χ3n) is 3.45. The van der Waals surface area contributed by atoms with E-state index in [-0.39, 0.29) is 6.61 Å². The van der Waals surface area contributed by atoms with E-state index in [2.05, 4.69) is 10.9 Å². The zero-order chi connectivity index (χ0) is 18.2. The molecule has 2 N–H and O–H groups in total. The number of rotatable bonds is 6. The molecule has 2 aromatic carbocycles. The quantitative estimate of drug-likeness (QED) is 0.790. The van der Waals surface area contributed by atoms with Gasteiger partial charge in [0.05, 0.1) is 0 Å². The van der Waals surface area contributed by atoms with Gasteiger partial charge >= 0.3 is 0 Å². The molecule has 25 heavy (non-hydrogen) atoms. The predicted molar refractivity (Wildman–Crippen MR) is 94.2 cm³/mol. The molecule has 0 aliphatic rings. The van der Waals surface area contributed by atoms with E-state index < -0.39 is 17.9 Å². The summed E-state index contributed by atoms with van der Waals surface area (Å²) in [4.78, 5) is 23.7. The number of ether oxygens (including phenoxy) is 2. The molecule has 0 aliphatic heterocycles. The van der Waals surface area contributed by atoms with E-state index in [1.54, 1.807) is 19.1 Å². The molecule has 2 amide bonds. The molecule has 0 saturated heterocycles. The Bertz CT molecular complexity index is 746. The van der Waals surface area contributed by atoms with Gasteiger partial charge in [-0.05, 0) is 50.1 Å². The highest BCUT2D eigenvalue weighted by atomic mass is 16.5. The number of hydrogen-bond donors (Lipinski definition) is 2. The van der Waals surface area contributed by atoms with Crippen LogP contribution in [0.2, 0.25) is 0 Å². The molecule has 2 aromatic rings. The average Bonchev–Trinajstić information content (AvgIpc) is 2.59. The molecule has 6 nitrogen and oxygen atoms in total. The normalized spacial score (nSPS) is 11.3. The SMILES string of the molecule is Cc1cccc(OC(C)C(=O)NNC(=O)COc2ccccc2C)c1. The summed E-state index contributed by atoms with van der Waals surface area (Å²) in [6.07, 6.45) is -0.751. The third-order valence-corrected chi connectivity index (χ3v) is 3.45. The van der Waals surface area contributed by atoms with Gasteiger partial charge in [0, 0.05) is 0 Å². The van der Waals surface area contributed by atoms with Crippen LogP contribution < -0.4 is 20.3 Å². The molecule has 1 unspecified atom stereocenters. The van der Waals surface area contributed by atoms with E-state index >= 15 is 0 Å². The summed E-state index contributed by atoms with van der Waals surface area (Å²) >= 11 is 0. The first kappa shape index (κ1) is 18.3. The molecule has 0 spiro atoms. The number of hydrazine groups is 1. The second-order valence-electron chi connectivity index (χ2n) is 5.67. The highest BCUT2D eigenvalue weighted by Crippen LogP contribution is 2.16. The smallest absolute Gasteiger partial charge is 0.279 e. The van der Waals surface area contributed by atoms with Crippen LogP contribution >= 0.6 is 0 Å². The Labute approximate surface area is 147 Å². The van der Waals surface area contributed by atoms with Crippen LogP contribution in [-0.4, -0.2) is 24.5 Å². The standard InChI is InChI=1S/C19H22N2O4/c1-13-7-6-9-16(11-13)25-15(3)19(23)21-20-18(22)12-24-17-10-5-4-8-14(17)2/h4-11,15H,12H2,1-3H3,(H,20,22)(H,21,23). The van der Waals surface area contributed by atoms with Crippen LogP contribution in [0.3, 0.4) is 0 Å². The first-order valence-corrected chi connectivity index (χ1v) is 7.96. The lowest BCUT2D eigenvalue weighted by atomic mass is 10.2. The monoisotopic (exact) mass is 342 g/mol. The molecule has 132 valence electrons. The van der Waals surface area contributed by atoms with Crippen LogP contribution in [0.4, 0.5) is 0 Å². The van der Waals surface area contributed by atoms with Gasteiger partial charge in [0.1, 0.15) is 11.5 Å². The van der Waals surface area contributed by atoms with Crippen LogP contribution in [0.15, 0.2) is 48.5 Å². The minimum Gasteiger partial charge on any atom is -0.483 e. The van der Waals surface area contributed by atoms with Gasteiger partial charge in [-0.25, -0.2) is 0 Å². The summed E-state index contributed by atoms with van der Waals surface area (Å²) in [5, 5.41) is 0. The molecule has 1 atom stereocenters. The highest BCUT2D eigenvalue weighted by Gasteiger charge is 2.15. The van der Waals surface area contributed by atoms with Crippen molar-refractivity contribution in [1.29, 1.82) is 0 Å². The van der Waals surface area contributed by atoms with E-state index in [9.17, 15) is 9.59 Å². The molecule has 0 aliphatic carbocycles. The van der Waals surface area contributed by atoms with Gasteiger partial charge in [-0.15, -0.1) is 0 Å². The molecule has 6 heteroatoms. The fourth-order valence-electron chi connectivity index (χ4n) is 2.08. The van der Waals surface area contributed by atoms with Crippen LogP contribution in [0.5, 0.6) is 11.5 Å². The van der Waals surface area contributed by atoms with E-state index in [1.807, 2.05) is 50.2 Å². The second-order valence-corrected chi connectivity index (χ2v) is 5.67. The van der Waals surface area contributed by atoms with Crippen LogP contribution in [-0.2, 0) is 9.59 Å². The topological polar surface area (TPSA) is 76.7 Å². The molecule has 0 bridgehead atoms. The number of nitrogens with one attached hydrogen (secondary N) is 2. The van der Waals surface area contributed by atoms with Gasteiger partial charge in [0.2, 0.25) is 0 Å². The van der Waals surface area contributed by atoms with Gasteiger partial charge in [0.15, 0.2) is 12.7 Å². The zero-order valence-electron chi connectivity index (χ0n) is 14.5. The number of aryl methyl sites for hydroxylation is 2. The van der Waals surface area contributed by atoms with Crippen molar-refractivity contribution in [2.45, 2.75) is 26.9 Å². The van der Waals surface area contributed by atoms with Gasteiger partial charge in [-0.1, -0.05) is 30.3 Å². The molecule has 2 rings (SSSR count). The number of carbonyl (C=O) groups excluding carboxylic acids is 2. The fourth-order valence-corrected chi connectivity index (χ4v) is 2.08. The van der Waals surface area contributed by atoms with Crippen molar-refractivity contribution >= 4 is 11.8 Å². The minimum atomic E-state index is -0.751. The first-order chi connectivity index (χ1) is 12.0. The Morgan fingerprint density at radius 2 is 1.80 bits per heavy atom. The Morgan fingerprint density at radius 3 is 2.52 bits per heavy atom. The summed E-state index contributed by atoms with van der Waals surface area (Å²) in [6.45, 7) is 5.23. The van der Waals surface area contributed by atoms with Crippen LogP contribution in [0.1, 0.15) is 18.1 Å². The summed E-state index contributed by atoms with van der Waals surface area (Å²) < 4.78 is 10.9. The molecule has 0 saturated carbocycles. The minimum absolute atomic E-state index is 0.196. The van der Waals surface area contributed by atoms with E-state index in [1.165, 1.54) is 0 Å². The number of hydrogen-bond acceptors (Lipinski definition) is 4. The Kier molecular flexibility index (Phi) is 6.39. The van der Waals surface area contributed by atoms with Crippen molar-refractivity contribution in [3.05, 3.63) is 59.7 Å². The molecule has 0 radical (unpaired) electrons. The Hall–Kier alpha value is -3.02. The van der Waals surface area contributed by atoms with Crippen LogP contribution in [0.25, 0.3) is 0 Å². The molecule has 0 fully saturated rings. The van der Waals surface area contributed by atoms with Gasteiger partial charge in [-0.3, -0.25) is 20.4 Å². The van der Waals surface area contributed by atoms with Crippen molar-refractivity contribution in [3.8, 4) is 11.5 Å². The van der Waals surface area contributed by atoms with Gasteiger partial charge in [-0.2, -0.15) is 0 Å². The van der Waals surface area contributed by atoms with Crippen LogP contribution in [0, 0.1) is 13.8 Å². The molecular weight excluding hydrogens is 320 g/mol. The van der Waals surface area contributed by atoms with E-state index in [4.69, 9.17) is 9.47 Å². The van der Waals surface area contributed by atoms with Crippen molar-refractivity contribution in [2.75, 3.05) is 6.61 Å².